The van der Waals surface area contributed by atoms with E-state index in [4.69, 9.17) is 9.47 Å². The minimum absolute atomic E-state index is 0.163. The van der Waals surface area contributed by atoms with Crippen LogP contribution in [0.4, 0.5) is 0 Å². The minimum Gasteiger partial charge on any atom is -0.488 e. The number of methoxy groups -OCH3 is 1. The first-order valence-corrected chi connectivity index (χ1v) is 4.79. The Morgan fingerprint density at radius 1 is 1.14 bits per heavy atom. The molecule has 0 fully saturated rings. The third kappa shape index (κ3) is 3.38. The number of rotatable bonds is 3. The highest BCUT2D eigenvalue weighted by Gasteiger charge is 2.13. The first kappa shape index (κ1) is 11.1. The van der Waals surface area contributed by atoms with Gasteiger partial charge in [0.1, 0.15) is 11.4 Å². The van der Waals surface area contributed by atoms with Crippen molar-refractivity contribution in [3.63, 3.8) is 0 Å². The summed E-state index contributed by atoms with van der Waals surface area (Å²) < 4.78 is 10.9. The lowest BCUT2D eigenvalue weighted by Gasteiger charge is -2.23. The van der Waals surface area contributed by atoms with Crippen molar-refractivity contribution in [2.75, 3.05) is 7.11 Å². The maximum Gasteiger partial charge on any atom is 0.125 e. The van der Waals surface area contributed by atoms with E-state index in [0.717, 1.165) is 11.3 Å². The van der Waals surface area contributed by atoms with Gasteiger partial charge in [-0.3, -0.25) is 0 Å². The molecule has 78 valence electrons. The molecule has 2 heteroatoms. The van der Waals surface area contributed by atoms with Crippen LogP contribution in [0.2, 0.25) is 0 Å². The average Bonchev–Trinajstić information content (AvgIpc) is 2.06. The molecule has 0 aliphatic carbocycles. The number of hydrogen-bond acceptors (Lipinski definition) is 2. The molecule has 1 aromatic rings. The van der Waals surface area contributed by atoms with E-state index in [1.807, 2.05) is 45.0 Å². The van der Waals surface area contributed by atoms with E-state index in [0.29, 0.717) is 6.61 Å². The normalized spacial score (nSPS) is 11.4. The number of para-hydroxylation sites is 1. The van der Waals surface area contributed by atoms with Crippen LogP contribution >= 0.6 is 0 Å². The largest absolute Gasteiger partial charge is 0.488 e. The minimum atomic E-state index is -0.163. The summed E-state index contributed by atoms with van der Waals surface area (Å²) in [6.07, 6.45) is 0. The fourth-order valence-electron chi connectivity index (χ4n) is 1.21. The highest BCUT2D eigenvalue weighted by molar-refractivity contribution is 5.33. The van der Waals surface area contributed by atoms with Gasteiger partial charge in [0.2, 0.25) is 0 Å². The van der Waals surface area contributed by atoms with Gasteiger partial charge in [-0.25, -0.2) is 0 Å². The molecule has 0 saturated heterocycles. The fourth-order valence-corrected chi connectivity index (χ4v) is 1.21. The first-order valence-electron chi connectivity index (χ1n) is 4.79. The van der Waals surface area contributed by atoms with Crippen LogP contribution in [-0.2, 0) is 11.3 Å². The molecule has 0 atom stereocenters. The maximum atomic E-state index is 5.81. The molecule has 0 N–H and O–H groups in total. The smallest absolute Gasteiger partial charge is 0.125 e. The molecule has 0 radical (unpaired) electrons. The van der Waals surface area contributed by atoms with Gasteiger partial charge in [-0.15, -0.1) is 0 Å². The molecule has 0 saturated carbocycles. The topological polar surface area (TPSA) is 18.5 Å². The van der Waals surface area contributed by atoms with Gasteiger partial charge in [0.25, 0.3) is 0 Å². The van der Waals surface area contributed by atoms with E-state index in [2.05, 4.69) is 0 Å². The van der Waals surface area contributed by atoms with Crippen molar-refractivity contribution in [2.45, 2.75) is 33.0 Å². The first-order chi connectivity index (χ1) is 6.53. The van der Waals surface area contributed by atoms with Crippen LogP contribution in [0, 0.1) is 0 Å². The molecule has 0 aliphatic heterocycles. The van der Waals surface area contributed by atoms with E-state index >= 15 is 0 Å². The third-order valence-electron chi connectivity index (χ3n) is 1.69. The Hall–Kier alpha value is -1.02. The zero-order valence-electron chi connectivity index (χ0n) is 9.33. The van der Waals surface area contributed by atoms with Gasteiger partial charge in [-0.1, -0.05) is 18.2 Å². The Morgan fingerprint density at radius 2 is 1.79 bits per heavy atom. The summed E-state index contributed by atoms with van der Waals surface area (Å²) in [6, 6.07) is 7.95. The summed E-state index contributed by atoms with van der Waals surface area (Å²) in [5, 5.41) is 0. The van der Waals surface area contributed by atoms with Crippen LogP contribution in [-0.4, -0.2) is 12.7 Å². The Labute approximate surface area is 85.8 Å². The Balaban J connectivity index is 2.84. The standard InChI is InChI=1S/C12H18O2/c1-12(2,3)14-11-8-6-5-7-10(11)9-13-4/h5-8H,9H2,1-4H3. The van der Waals surface area contributed by atoms with E-state index < -0.39 is 0 Å². The third-order valence-corrected chi connectivity index (χ3v) is 1.69. The summed E-state index contributed by atoms with van der Waals surface area (Å²) in [4.78, 5) is 0. The van der Waals surface area contributed by atoms with Crippen molar-refractivity contribution in [3.05, 3.63) is 29.8 Å². The number of hydrogen-bond donors (Lipinski definition) is 0. The predicted octanol–water partition coefficient (Wildman–Crippen LogP) is 3.01. The molecular formula is C12H18O2. The lowest BCUT2D eigenvalue weighted by Crippen LogP contribution is -2.23. The zero-order valence-corrected chi connectivity index (χ0v) is 9.33. The van der Waals surface area contributed by atoms with Crippen molar-refractivity contribution >= 4 is 0 Å². The maximum absolute atomic E-state index is 5.81. The van der Waals surface area contributed by atoms with Gasteiger partial charge < -0.3 is 9.47 Å². The lowest BCUT2D eigenvalue weighted by molar-refractivity contribution is 0.121. The summed E-state index contributed by atoms with van der Waals surface area (Å²) in [7, 11) is 1.69. The van der Waals surface area contributed by atoms with Crippen molar-refractivity contribution in [1.82, 2.24) is 0 Å². The molecule has 0 bridgehead atoms. The molecule has 0 aliphatic rings. The van der Waals surface area contributed by atoms with Crippen molar-refractivity contribution < 1.29 is 9.47 Å². The van der Waals surface area contributed by atoms with Gasteiger partial charge in [-0.2, -0.15) is 0 Å². The second-order valence-electron chi connectivity index (χ2n) is 4.26. The SMILES string of the molecule is COCc1ccccc1OC(C)(C)C. The highest BCUT2D eigenvalue weighted by atomic mass is 16.5. The molecule has 2 nitrogen and oxygen atoms in total. The summed E-state index contributed by atoms with van der Waals surface area (Å²) in [5.74, 6) is 0.904. The van der Waals surface area contributed by atoms with E-state index in [-0.39, 0.29) is 5.60 Å². The van der Waals surface area contributed by atoms with Crippen LogP contribution in [0.15, 0.2) is 24.3 Å². The lowest BCUT2D eigenvalue weighted by atomic mass is 10.1. The Bertz CT molecular complexity index is 287. The monoisotopic (exact) mass is 194 g/mol. The quantitative estimate of drug-likeness (QED) is 0.736. The molecule has 0 amide bonds. The molecule has 0 aromatic heterocycles. The molecule has 0 spiro atoms. The van der Waals surface area contributed by atoms with Gasteiger partial charge in [0, 0.05) is 12.7 Å². The van der Waals surface area contributed by atoms with E-state index in [1.165, 1.54) is 0 Å². The summed E-state index contributed by atoms with van der Waals surface area (Å²) in [5.41, 5.74) is 0.925. The average molecular weight is 194 g/mol. The highest BCUT2D eigenvalue weighted by Crippen LogP contribution is 2.23. The van der Waals surface area contributed by atoms with Crippen LogP contribution in [0.25, 0.3) is 0 Å². The van der Waals surface area contributed by atoms with Crippen LogP contribution in [0.1, 0.15) is 26.3 Å². The molecule has 1 rings (SSSR count). The van der Waals surface area contributed by atoms with Gasteiger partial charge in [0.05, 0.1) is 6.61 Å². The van der Waals surface area contributed by atoms with Crippen LogP contribution in [0.5, 0.6) is 5.75 Å². The Kier molecular flexibility index (Phi) is 3.53. The van der Waals surface area contributed by atoms with E-state index in [1.54, 1.807) is 7.11 Å². The summed E-state index contributed by atoms with van der Waals surface area (Å²) >= 11 is 0. The number of ether oxygens (including phenoxy) is 2. The Morgan fingerprint density at radius 3 is 2.36 bits per heavy atom. The predicted molar refractivity (Wildman–Crippen MR) is 57.5 cm³/mol. The molecular weight excluding hydrogens is 176 g/mol. The van der Waals surface area contributed by atoms with Crippen LogP contribution < -0.4 is 4.74 Å². The van der Waals surface area contributed by atoms with Crippen molar-refractivity contribution in [3.8, 4) is 5.75 Å². The molecule has 1 aromatic carbocycles. The van der Waals surface area contributed by atoms with Gasteiger partial charge in [-0.05, 0) is 26.8 Å². The molecule has 14 heavy (non-hydrogen) atoms. The van der Waals surface area contributed by atoms with Crippen molar-refractivity contribution in [1.29, 1.82) is 0 Å². The molecule has 0 unspecified atom stereocenters. The van der Waals surface area contributed by atoms with Crippen molar-refractivity contribution in [2.24, 2.45) is 0 Å². The summed E-state index contributed by atoms with van der Waals surface area (Å²) in [6.45, 7) is 6.70. The zero-order chi connectivity index (χ0) is 10.6. The fraction of sp³-hybridized carbons (Fsp3) is 0.500. The van der Waals surface area contributed by atoms with Gasteiger partial charge >= 0.3 is 0 Å². The molecule has 0 heterocycles. The second-order valence-corrected chi connectivity index (χ2v) is 4.26. The van der Waals surface area contributed by atoms with E-state index in [9.17, 15) is 0 Å². The van der Waals surface area contributed by atoms with Crippen LogP contribution in [0.3, 0.4) is 0 Å². The number of benzene rings is 1. The second kappa shape index (κ2) is 4.47. The van der Waals surface area contributed by atoms with Gasteiger partial charge in [0.15, 0.2) is 0 Å².